The first-order chi connectivity index (χ1) is 8.04. The van der Waals surface area contributed by atoms with Crippen LogP contribution in [0.25, 0.3) is 0 Å². The van der Waals surface area contributed by atoms with Crippen molar-refractivity contribution in [2.24, 2.45) is 5.73 Å². The molecule has 0 aliphatic heterocycles. The van der Waals surface area contributed by atoms with Crippen LogP contribution >= 0.6 is 12.4 Å². The molecule has 1 unspecified atom stereocenters. The minimum Gasteiger partial charge on any atom is -0.497 e. The average Bonchev–Trinajstić information content (AvgIpc) is 2.35. The van der Waals surface area contributed by atoms with E-state index in [1.54, 1.807) is 38.3 Å². The van der Waals surface area contributed by atoms with Gasteiger partial charge in [0.2, 0.25) is 5.91 Å². The first-order valence-corrected chi connectivity index (χ1v) is 5.40. The summed E-state index contributed by atoms with van der Waals surface area (Å²) in [5.41, 5.74) is 6.08. The van der Waals surface area contributed by atoms with Crippen LogP contribution in [0.2, 0.25) is 0 Å². The number of hydrogen-bond acceptors (Lipinski definition) is 4. The number of methoxy groups -OCH3 is 1. The molecule has 0 heterocycles. The van der Waals surface area contributed by atoms with Crippen LogP contribution in [0.1, 0.15) is 18.6 Å². The third-order valence-corrected chi connectivity index (χ3v) is 2.36. The van der Waals surface area contributed by atoms with E-state index in [9.17, 15) is 9.90 Å². The summed E-state index contributed by atoms with van der Waals surface area (Å²) in [5, 5.41) is 12.4. The van der Waals surface area contributed by atoms with Crippen LogP contribution in [0.5, 0.6) is 5.75 Å². The topological polar surface area (TPSA) is 84.6 Å². The summed E-state index contributed by atoms with van der Waals surface area (Å²) in [6.07, 6.45) is -0.771. The minimum absolute atomic E-state index is 0. The second kappa shape index (κ2) is 7.92. The van der Waals surface area contributed by atoms with Gasteiger partial charge in [-0.15, -0.1) is 12.4 Å². The van der Waals surface area contributed by atoms with Crippen LogP contribution in [-0.4, -0.2) is 30.7 Å². The van der Waals surface area contributed by atoms with Gasteiger partial charge in [-0.1, -0.05) is 12.1 Å². The Morgan fingerprint density at radius 2 is 2.22 bits per heavy atom. The number of hydrogen-bond donors (Lipinski definition) is 3. The lowest BCUT2D eigenvalue weighted by molar-refractivity contribution is -0.122. The van der Waals surface area contributed by atoms with Crippen LogP contribution in [0.15, 0.2) is 24.3 Å². The first kappa shape index (κ1) is 16.7. The SMILES string of the molecule is COc1cccc(C(O)CNC(=O)[C@H](C)N)c1.Cl. The molecule has 0 saturated carbocycles. The Balaban J connectivity index is 0.00000289. The largest absolute Gasteiger partial charge is 0.497 e. The van der Waals surface area contributed by atoms with E-state index in [2.05, 4.69) is 5.32 Å². The van der Waals surface area contributed by atoms with Crippen molar-refractivity contribution in [2.45, 2.75) is 19.1 Å². The van der Waals surface area contributed by atoms with E-state index >= 15 is 0 Å². The highest BCUT2D eigenvalue weighted by molar-refractivity contribution is 5.85. The van der Waals surface area contributed by atoms with Gasteiger partial charge < -0.3 is 20.9 Å². The number of rotatable bonds is 5. The molecule has 0 spiro atoms. The van der Waals surface area contributed by atoms with Crippen molar-refractivity contribution in [1.29, 1.82) is 0 Å². The number of halogens is 1. The molecule has 1 aromatic rings. The molecule has 1 rings (SSSR count). The van der Waals surface area contributed by atoms with Crippen LogP contribution in [-0.2, 0) is 4.79 Å². The van der Waals surface area contributed by atoms with Crippen molar-refractivity contribution >= 4 is 18.3 Å². The van der Waals surface area contributed by atoms with Gasteiger partial charge in [-0.25, -0.2) is 0 Å². The molecular weight excluding hydrogens is 256 g/mol. The molecule has 102 valence electrons. The van der Waals surface area contributed by atoms with Crippen molar-refractivity contribution < 1.29 is 14.6 Å². The molecule has 4 N–H and O–H groups in total. The lowest BCUT2D eigenvalue weighted by Crippen LogP contribution is -2.40. The summed E-state index contributed by atoms with van der Waals surface area (Å²) in [6.45, 7) is 1.72. The Labute approximate surface area is 113 Å². The van der Waals surface area contributed by atoms with Crippen LogP contribution in [0.4, 0.5) is 0 Å². The van der Waals surface area contributed by atoms with Gasteiger partial charge in [0.25, 0.3) is 0 Å². The molecule has 2 atom stereocenters. The van der Waals surface area contributed by atoms with Crippen LogP contribution < -0.4 is 15.8 Å². The molecule has 6 heteroatoms. The average molecular weight is 275 g/mol. The maximum Gasteiger partial charge on any atom is 0.236 e. The Morgan fingerprint density at radius 3 is 2.78 bits per heavy atom. The third-order valence-electron chi connectivity index (χ3n) is 2.36. The van der Waals surface area contributed by atoms with Crippen molar-refractivity contribution in [2.75, 3.05) is 13.7 Å². The van der Waals surface area contributed by atoms with Gasteiger partial charge in [-0.2, -0.15) is 0 Å². The Hall–Kier alpha value is -1.30. The van der Waals surface area contributed by atoms with Gasteiger partial charge in [-0.3, -0.25) is 4.79 Å². The highest BCUT2D eigenvalue weighted by Crippen LogP contribution is 2.18. The van der Waals surface area contributed by atoms with Gasteiger partial charge in [0.1, 0.15) is 5.75 Å². The smallest absolute Gasteiger partial charge is 0.236 e. The van der Waals surface area contributed by atoms with E-state index in [-0.39, 0.29) is 24.9 Å². The molecule has 1 aromatic carbocycles. The Bertz CT molecular complexity index is 385. The molecule has 0 aromatic heterocycles. The quantitative estimate of drug-likeness (QED) is 0.735. The van der Waals surface area contributed by atoms with Crippen LogP contribution in [0, 0.1) is 0 Å². The zero-order chi connectivity index (χ0) is 12.8. The number of benzene rings is 1. The molecule has 0 radical (unpaired) electrons. The molecular formula is C12H19ClN2O3. The summed E-state index contributed by atoms with van der Waals surface area (Å²) in [6, 6.07) is 6.49. The monoisotopic (exact) mass is 274 g/mol. The fourth-order valence-corrected chi connectivity index (χ4v) is 1.32. The minimum atomic E-state index is -0.771. The molecule has 18 heavy (non-hydrogen) atoms. The number of nitrogens with two attached hydrogens (primary N) is 1. The second-order valence-electron chi connectivity index (χ2n) is 3.83. The predicted octanol–water partition coefficient (Wildman–Crippen LogP) is 0.614. The summed E-state index contributed by atoms with van der Waals surface area (Å²) in [5.74, 6) is 0.381. The number of carbonyl (C=O) groups is 1. The molecule has 0 fully saturated rings. The fourth-order valence-electron chi connectivity index (χ4n) is 1.32. The van der Waals surface area contributed by atoms with Gasteiger partial charge in [-0.05, 0) is 24.6 Å². The van der Waals surface area contributed by atoms with E-state index < -0.39 is 12.1 Å². The molecule has 0 aliphatic carbocycles. The van der Waals surface area contributed by atoms with Gasteiger partial charge in [0.15, 0.2) is 0 Å². The fraction of sp³-hybridized carbons (Fsp3) is 0.417. The predicted molar refractivity (Wildman–Crippen MR) is 71.9 cm³/mol. The number of aliphatic hydroxyl groups is 1. The first-order valence-electron chi connectivity index (χ1n) is 5.40. The number of nitrogens with one attached hydrogen (secondary N) is 1. The molecule has 0 saturated heterocycles. The summed E-state index contributed by atoms with van der Waals surface area (Å²) in [7, 11) is 1.56. The zero-order valence-electron chi connectivity index (χ0n) is 10.4. The maximum absolute atomic E-state index is 11.2. The summed E-state index contributed by atoms with van der Waals surface area (Å²) >= 11 is 0. The second-order valence-corrected chi connectivity index (χ2v) is 3.83. The van der Waals surface area contributed by atoms with E-state index in [4.69, 9.17) is 10.5 Å². The molecule has 0 aliphatic rings. The van der Waals surface area contributed by atoms with E-state index in [1.807, 2.05) is 0 Å². The Morgan fingerprint density at radius 1 is 1.56 bits per heavy atom. The van der Waals surface area contributed by atoms with Crippen molar-refractivity contribution in [3.8, 4) is 5.75 Å². The van der Waals surface area contributed by atoms with Crippen molar-refractivity contribution in [3.63, 3.8) is 0 Å². The number of carbonyl (C=O) groups excluding carboxylic acids is 1. The van der Waals surface area contributed by atoms with Gasteiger partial charge >= 0.3 is 0 Å². The normalized spacial score (nSPS) is 13.1. The van der Waals surface area contributed by atoms with E-state index in [1.165, 1.54) is 0 Å². The molecule has 5 nitrogen and oxygen atoms in total. The number of amides is 1. The zero-order valence-corrected chi connectivity index (χ0v) is 11.2. The number of ether oxygens (including phenoxy) is 1. The Kier molecular flexibility index (Phi) is 7.35. The summed E-state index contributed by atoms with van der Waals surface area (Å²) < 4.78 is 5.05. The summed E-state index contributed by atoms with van der Waals surface area (Å²) in [4.78, 5) is 11.2. The standard InChI is InChI=1S/C12H18N2O3.ClH/c1-8(13)12(16)14-7-11(15)9-4-3-5-10(6-9)17-2;/h3-6,8,11,15H,7,13H2,1-2H3,(H,14,16);1H/t8-,11?;/m0./s1. The van der Waals surface area contributed by atoms with Gasteiger partial charge in [0, 0.05) is 6.54 Å². The third kappa shape index (κ3) is 4.91. The van der Waals surface area contributed by atoms with Crippen molar-refractivity contribution in [1.82, 2.24) is 5.32 Å². The van der Waals surface area contributed by atoms with E-state index in [0.717, 1.165) is 0 Å². The highest BCUT2D eigenvalue weighted by Gasteiger charge is 2.12. The number of aliphatic hydroxyl groups excluding tert-OH is 1. The lowest BCUT2D eigenvalue weighted by Gasteiger charge is -2.14. The van der Waals surface area contributed by atoms with Crippen molar-refractivity contribution in [3.05, 3.63) is 29.8 Å². The maximum atomic E-state index is 11.2. The lowest BCUT2D eigenvalue weighted by atomic mass is 10.1. The van der Waals surface area contributed by atoms with Crippen LogP contribution in [0.3, 0.4) is 0 Å². The molecule has 0 bridgehead atoms. The van der Waals surface area contributed by atoms with E-state index in [0.29, 0.717) is 11.3 Å². The molecule has 1 amide bonds. The highest BCUT2D eigenvalue weighted by atomic mass is 35.5. The van der Waals surface area contributed by atoms with Gasteiger partial charge in [0.05, 0.1) is 19.3 Å².